The summed E-state index contributed by atoms with van der Waals surface area (Å²) >= 11 is 3.24. The second-order valence-corrected chi connectivity index (χ2v) is 10.2. The van der Waals surface area contributed by atoms with Crippen LogP contribution < -0.4 is 0 Å². The van der Waals surface area contributed by atoms with Crippen LogP contribution in [0.4, 0.5) is 8.78 Å². The highest BCUT2D eigenvalue weighted by Crippen LogP contribution is 2.40. The van der Waals surface area contributed by atoms with Crippen molar-refractivity contribution in [2.75, 3.05) is 6.54 Å². The molecule has 3 aromatic rings. The number of amides is 1. The summed E-state index contributed by atoms with van der Waals surface area (Å²) < 4.78 is 48.6. The van der Waals surface area contributed by atoms with Gasteiger partial charge >= 0.3 is 5.76 Å². The minimum atomic E-state index is -4.68. The van der Waals surface area contributed by atoms with Crippen molar-refractivity contribution in [1.29, 1.82) is 0 Å². The number of hydrogen-bond donors (Lipinski definition) is 0. The molecule has 4 rings (SSSR count). The number of benzene rings is 1. The zero-order valence-electron chi connectivity index (χ0n) is 14.4. The SMILES string of the molecule is O=C(c1ccc(S(=O)(=O)C(F)F)cc1)N1CCc2sccc2[C@@H]1c1cccs1. The number of fused-ring (bicyclic) bond motifs is 1. The van der Waals surface area contributed by atoms with E-state index in [2.05, 4.69) is 0 Å². The van der Waals surface area contributed by atoms with Crippen LogP contribution in [0.5, 0.6) is 0 Å². The Morgan fingerprint density at radius 3 is 2.46 bits per heavy atom. The summed E-state index contributed by atoms with van der Waals surface area (Å²) in [5.74, 6) is -3.74. The molecular weight excluding hydrogens is 424 g/mol. The van der Waals surface area contributed by atoms with Crippen LogP contribution >= 0.6 is 22.7 Å². The summed E-state index contributed by atoms with van der Waals surface area (Å²) in [6.07, 6.45) is 0.748. The second-order valence-electron chi connectivity index (χ2n) is 6.30. The zero-order valence-corrected chi connectivity index (χ0v) is 16.9. The summed E-state index contributed by atoms with van der Waals surface area (Å²) in [6, 6.07) is 10.5. The first-order valence-corrected chi connectivity index (χ1v) is 11.7. The van der Waals surface area contributed by atoms with Gasteiger partial charge in [-0.05, 0) is 59.1 Å². The molecule has 0 spiro atoms. The van der Waals surface area contributed by atoms with Crippen LogP contribution in [-0.2, 0) is 16.3 Å². The number of rotatable bonds is 4. The van der Waals surface area contributed by atoms with E-state index in [0.29, 0.717) is 6.54 Å². The molecule has 0 fully saturated rings. The maximum Gasteiger partial charge on any atom is 0.341 e. The Morgan fingerprint density at radius 2 is 1.82 bits per heavy atom. The Hall–Kier alpha value is -2.10. The fourth-order valence-corrected chi connectivity index (χ4v) is 5.82. The Balaban J connectivity index is 1.67. The summed E-state index contributed by atoms with van der Waals surface area (Å²) in [7, 11) is -4.68. The van der Waals surface area contributed by atoms with E-state index in [1.165, 1.54) is 17.0 Å². The molecular formula is C19H15F2NO3S3. The summed E-state index contributed by atoms with van der Waals surface area (Å²) in [5.41, 5.74) is 1.37. The van der Waals surface area contributed by atoms with Gasteiger partial charge in [0, 0.05) is 21.9 Å². The van der Waals surface area contributed by atoms with Crippen molar-refractivity contribution >= 4 is 38.4 Å². The first-order valence-electron chi connectivity index (χ1n) is 8.42. The van der Waals surface area contributed by atoms with Gasteiger partial charge in [-0.25, -0.2) is 8.42 Å². The molecule has 1 atom stereocenters. The van der Waals surface area contributed by atoms with Gasteiger partial charge in [-0.15, -0.1) is 22.7 Å². The van der Waals surface area contributed by atoms with Gasteiger partial charge in [0.15, 0.2) is 0 Å². The van der Waals surface area contributed by atoms with E-state index in [1.807, 2.05) is 29.0 Å². The molecule has 2 aromatic heterocycles. The van der Waals surface area contributed by atoms with Crippen molar-refractivity contribution in [2.24, 2.45) is 0 Å². The minimum Gasteiger partial charge on any atom is -0.326 e. The van der Waals surface area contributed by atoms with E-state index in [-0.39, 0.29) is 17.5 Å². The molecule has 1 amide bonds. The molecule has 0 saturated heterocycles. The lowest BCUT2D eigenvalue weighted by Gasteiger charge is -2.35. The Kier molecular flexibility index (Phi) is 5.07. The zero-order chi connectivity index (χ0) is 19.9. The van der Waals surface area contributed by atoms with Gasteiger partial charge in [0.25, 0.3) is 5.91 Å². The molecule has 0 N–H and O–H groups in total. The van der Waals surface area contributed by atoms with Crippen molar-refractivity contribution in [2.45, 2.75) is 23.1 Å². The van der Waals surface area contributed by atoms with Crippen molar-refractivity contribution in [3.05, 3.63) is 74.1 Å². The maximum atomic E-state index is 13.2. The van der Waals surface area contributed by atoms with Crippen LogP contribution in [0.15, 0.2) is 58.1 Å². The molecule has 3 heterocycles. The molecule has 28 heavy (non-hydrogen) atoms. The molecule has 9 heteroatoms. The van der Waals surface area contributed by atoms with E-state index in [9.17, 15) is 22.0 Å². The lowest BCUT2D eigenvalue weighted by Crippen LogP contribution is -2.39. The monoisotopic (exact) mass is 439 g/mol. The Bertz CT molecular complexity index is 1090. The molecule has 0 unspecified atom stereocenters. The predicted molar refractivity (Wildman–Crippen MR) is 105 cm³/mol. The third-order valence-corrected chi connectivity index (χ3v) is 8.02. The molecule has 0 saturated carbocycles. The number of carbonyl (C=O) groups is 1. The van der Waals surface area contributed by atoms with Gasteiger partial charge in [0.2, 0.25) is 9.84 Å². The van der Waals surface area contributed by atoms with Crippen LogP contribution in [0.2, 0.25) is 0 Å². The number of nitrogens with zero attached hydrogens (tertiary/aromatic N) is 1. The first-order chi connectivity index (χ1) is 13.4. The summed E-state index contributed by atoms with van der Waals surface area (Å²) in [5, 5.41) is 3.98. The molecule has 1 aliphatic heterocycles. The van der Waals surface area contributed by atoms with Crippen molar-refractivity contribution in [3.63, 3.8) is 0 Å². The lowest BCUT2D eigenvalue weighted by molar-refractivity contribution is 0.0698. The number of carbonyl (C=O) groups excluding carboxylic acids is 1. The smallest absolute Gasteiger partial charge is 0.326 e. The normalized spacial score (nSPS) is 17.0. The first kappa shape index (κ1) is 19.2. The Morgan fingerprint density at radius 1 is 1.07 bits per heavy atom. The molecule has 1 aromatic carbocycles. The van der Waals surface area contributed by atoms with Crippen LogP contribution in [0.25, 0.3) is 0 Å². The number of thiophene rings is 2. The average molecular weight is 440 g/mol. The average Bonchev–Trinajstić information content (AvgIpc) is 3.38. The fourth-order valence-electron chi connectivity index (χ4n) is 3.34. The van der Waals surface area contributed by atoms with E-state index in [1.54, 1.807) is 27.6 Å². The highest BCUT2D eigenvalue weighted by atomic mass is 32.2. The van der Waals surface area contributed by atoms with Crippen molar-refractivity contribution < 1.29 is 22.0 Å². The molecule has 0 radical (unpaired) electrons. The molecule has 4 nitrogen and oxygen atoms in total. The van der Waals surface area contributed by atoms with Gasteiger partial charge in [0.05, 0.1) is 10.9 Å². The van der Waals surface area contributed by atoms with Gasteiger partial charge in [-0.3, -0.25) is 4.79 Å². The standard InChI is InChI=1S/C19H15F2NO3S3/c20-19(21)28(24,25)13-5-3-12(4-6-13)18(23)22-9-7-15-14(8-11-27-15)17(22)16-2-1-10-26-16/h1-6,8,10-11,17,19H,7,9H2/t17-/m1/s1. The minimum absolute atomic E-state index is 0.202. The van der Waals surface area contributed by atoms with E-state index in [0.717, 1.165) is 29.0 Å². The number of hydrogen-bond acceptors (Lipinski definition) is 5. The third kappa shape index (κ3) is 3.27. The highest BCUT2D eigenvalue weighted by Gasteiger charge is 2.34. The van der Waals surface area contributed by atoms with Crippen molar-refractivity contribution in [3.8, 4) is 0 Å². The number of alkyl halides is 2. The number of sulfone groups is 1. The number of halogens is 2. The summed E-state index contributed by atoms with van der Waals surface area (Å²) in [4.78, 5) is 16.7. The highest BCUT2D eigenvalue weighted by molar-refractivity contribution is 7.91. The van der Waals surface area contributed by atoms with E-state index < -0.39 is 20.5 Å². The quantitative estimate of drug-likeness (QED) is 0.597. The lowest BCUT2D eigenvalue weighted by atomic mass is 9.97. The van der Waals surface area contributed by atoms with E-state index >= 15 is 0 Å². The van der Waals surface area contributed by atoms with Crippen molar-refractivity contribution in [1.82, 2.24) is 4.90 Å². The molecule has 146 valence electrons. The van der Waals surface area contributed by atoms with Crippen LogP contribution in [0, 0.1) is 0 Å². The topological polar surface area (TPSA) is 54.5 Å². The van der Waals surface area contributed by atoms with Crippen LogP contribution in [-0.4, -0.2) is 31.5 Å². The van der Waals surface area contributed by atoms with Gasteiger partial charge in [0.1, 0.15) is 0 Å². The largest absolute Gasteiger partial charge is 0.341 e. The summed E-state index contributed by atoms with van der Waals surface area (Å²) in [6.45, 7) is 0.534. The molecule has 0 aliphatic carbocycles. The third-order valence-electron chi connectivity index (χ3n) is 4.70. The fraction of sp³-hybridized carbons (Fsp3) is 0.211. The van der Waals surface area contributed by atoms with E-state index in [4.69, 9.17) is 0 Å². The molecule has 0 bridgehead atoms. The van der Waals surface area contributed by atoms with Crippen LogP contribution in [0.1, 0.15) is 31.7 Å². The van der Waals surface area contributed by atoms with Crippen LogP contribution in [0.3, 0.4) is 0 Å². The predicted octanol–water partition coefficient (Wildman–Crippen LogP) is 4.59. The Labute approximate surface area is 169 Å². The van der Waals surface area contributed by atoms with Gasteiger partial charge < -0.3 is 4.90 Å². The maximum absolute atomic E-state index is 13.2. The van der Waals surface area contributed by atoms with Gasteiger partial charge in [-0.1, -0.05) is 6.07 Å². The second kappa shape index (κ2) is 7.38. The molecule has 1 aliphatic rings. The van der Waals surface area contributed by atoms with Gasteiger partial charge in [-0.2, -0.15) is 8.78 Å².